The van der Waals surface area contributed by atoms with E-state index in [1.165, 1.54) is 5.69 Å². The molecule has 2 rings (SSSR count). The van der Waals surface area contributed by atoms with Crippen LogP contribution in [0.2, 0.25) is 0 Å². The molecule has 72 valence electrons. The van der Waals surface area contributed by atoms with Gasteiger partial charge in [-0.2, -0.15) is 0 Å². The highest BCUT2D eigenvalue weighted by molar-refractivity contribution is 5.35. The highest BCUT2D eigenvalue weighted by Gasteiger charge is 2.62. The molecule has 1 heterocycles. The Morgan fingerprint density at radius 3 is 2.54 bits per heavy atom. The molecule has 0 bridgehead atoms. The van der Waals surface area contributed by atoms with Crippen LogP contribution in [0.5, 0.6) is 0 Å². The van der Waals surface area contributed by atoms with E-state index in [0.717, 1.165) is 12.1 Å². The van der Waals surface area contributed by atoms with Crippen molar-refractivity contribution in [2.24, 2.45) is 11.1 Å². The molecule has 0 spiro atoms. The van der Waals surface area contributed by atoms with Gasteiger partial charge in [-0.25, -0.2) is 4.98 Å². The Hall–Kier alpha value is -0.830. The van der Waals surface area contributed by atoms with E-state index in [0.29, 0.717) is 12.0 Å². The van der Waals surface area contributed by atoms with E-state index < -0.39 is 0 Å². The highest BCUT2D eigenvalue weighted by Crippen LogP contribution is 2.63. The molecule has 0 saturated heterocycles. The van der Waals surface area contributed by atoms with Crippen LogP contribution in [0.3, 0.4) is 0 Å². The minimum Gasteiger partial charge on any atom is -0.348 e. The van der Waals surface area contributed by atoms with E-state index in [4.69, 9.17) is 5.73 Å². The van der Waals surface area contributed by atoms with Gasteiger partial charge in [0.05, 0.1) is 12.0 Å². The Labute approximate surface area is 78.7 Å². The van der Waals surface area contributed by atoms with E-state index in [-0.39, 0.29) is 5.41 Å². The van der Waals surface area contributed by atoms with E-state index in [9.17, 15) is 0 Å². The lowest BCUT2D eigenvalue weighted by Crippen LogP contribution is -2.26. The van der Waals surface area contributed by atoms with Gasteiger partial charge in [-0.1, -0.05) is 13.8 Å². The maximum absolute atomic E-state index is 5.85. The van der Waals surface area contributed by atoms with Gasteiger partial charge < -0.3 is 10.7 Å². The first-order valence-electron chi connectivity index (χ1n) is 4.74. The number of hydrogen-bond donors (Lipinski definition) is 2. The number of nitrogens with one attached hydrogen (secondary N) is 1. The molecule has 1 aliphatic rings. The summed E-state index contributed by atoms with van der Waals surface area (Å²) in [4.78, 5) is 7.50. The molecular weight excluding hydrogens is 162 g/mol. The van der Waals surface area contributed by atoms with Crippen LogP contribution in [0.15, 0.2) is 6.33 Å². The van der Waals surface area contributed by atoms with Crippen molar-refractivity contribution in [2.75, 3.05) is 6.54 Å². The minimum atomic E-state index is 0.136. The van der Waals surface area contributed by atoms with E-state index in [1.54, 1.807) is 6.33 Å². The van der Waals surface area contributed by atoms with Crippen molar-refractivity contribution in [3.63, 3.8) is 0 Å². The summed E-state index contributed by atoms with van der Waals surface area (Å²) in [6.07, 6.45) is 2.92. The molecule has 0 amide bonds. The summed E-state index contributed by atoms with van der Waals surface area (Å²) in [6.45, 7) is 7.28. The normalized spacial score (nSPS) is 30.5. The van der Waals surface area contributed by atoms with E-state index >= 15 is 0 Å². The molecule has 1 fully saturated rings. The molecule has 13 heavy (non-hydrogen) atoms. The van der Waals surface area contributed by atoms with Crippen LogP contribution in [0.25, 0.3) is 0 Å². The van der Waals surface area contributed by atoms with Gasteiger partial charge in [0.1, 0.15) is 0 Å². The van der Waals surface area contributed by atoms with Crippen molar-refractivity contribution in [1.82, 2.24) is 9.97 Å². The first kappa shape index (κ1) is 8.75. The number of rotatable bonds is 2. The zero-order chi connectivity index (χ0) is 9.69. The molecule has 1 saturated carbocycles. The lowest BCUT2D eigenvalue weighted by atomic mass is 9.91. The summed E-state index contributed by atoms with van der Waals surface area (Å²) < 4.78 is 0. The van der Waals surface area contributed by atoms with Gasteiger partial charge in [0.15, 0.2) is 0 Å². The fourth-order valence-corrected chi connectivity index (χ4v) is 2.40. The first-order chi connectivity index (χ1) is 6.03. The second-order valence-electron chi connectivity index (χ2n) is 4.72. The molecule has 1 atom stereocenters. The summed E-state index contributed by atoms with van der Waals surface area (Å²) in [5, 5.41) is 0. The van der Waals surface area contributed by atoms with E-state index in [1.807, 2.05) is 0 Å². The van der Waals surface area contributed by atoms with Crippen molar-refractivity contribution in [3.05, 3.63) is 17.7 Å². The zero-order valence-electron chi connectivity index (χ0n) is 8.52. The average molecular weight is 179 g/mol. The number of hydrogen-bond acceptors (Lipinski definition) is 2. The SMILES string of the molecule is Cc1[nH]cnc1C1(CN)CC1(C)C. The second kappa shape index (κ2) is 2.35. The third-order valence-electron chi connectivity index (χ3n) is 3.55. The van der Waals surface area contributed by atoms with Crippen molar-refractivity contribution < 1.29 is 0 Å². The standard InChI is InChI=1S/C10H17N3/c1-7-8(13-6-12-7)10(5-11)4-9(10,2)3/h6H,4-5,11H2,1-3H3,(H,12,13). The van der Waals surface area contributed by atoms with Gasteiger partial charge in [0.25, 0.3) is 0 Å². The number of aryl methyl sites for hydroxylation is 1. The lowest BCUT2D eigenvalue weighted by Gasteiger charge is -2.16. The van der Waals surface area contributed by atoms with Gasteiger partial charge in [-0.15, -0.1) is 0 Å². The molecule has 3 heteroatoms. The number of aromatic amines is 1. The molecule has 1 aromatic heterocycles. The third-order valence-corrected chi connectivity index (χ3v) is 3.55. The predicted molar refractivity (Wildman–Crippen MR) is 52.5 cm³/mol. The summed E-state index contributed by atoms with van der Waals surface area (Å²) >= 11 is 0. The molecule has 1 aliphatic carbocycles. The summed E-state index contributed by atoms with van der Waals surface area (Å²) in [6, 6.07) is 0. The fraction of sp³-hybridized carbons (Fsp3) is 0.700. The Balaban J connectivity index is 2.41. The largest absolute Gasteiger partial charge is 0.348 e. The molecule has 0 radical (unpaired) electrons. The van der Waals surface area contributed by atoms with Gasteiger partial charge in [0, 0.05) is 17.7 Å². The number of imidazole rings is 1. The summed E-state index contributed by atoms with van der Waals surface area (Å²) in [5.41, 5.74) is 8.64. The quantitative estimate of drug-likeness (QED) is 0.720. The summed E-state index contributed by atoms with van der Waals surface area (Å²) in [7, 11) is 0. The maximum atomic E-state index is 5.85. The highest BCUT2D eigenvalue weighted by atomic mass is 14.9. The zero-order valence-corrected chi connectivity index (χ0v) is 8.52. The monoisotopic (exact) mass is 179 g/mol. The van der Waals surface area contributed by atoms with Gasteiger partial charge in [0.2, 0.25) is 0 Å². The van der Waals surface area contributed by atoms with Crippen molar-refractivity contribution >= 4 is 0 Å². The molecule has 3 N–H and O–H groups in total. The number of nitrogens with two attached hydrogens (primary N) is 1. The maximum Gasteiger partial charge on any atom is 0.0925 e. The third kappa shape index (κ3) is 0.967. The van der Waals surface area contributed by atoms with Crippen LogP contribution in [0, 0.1) is 12.3 Å². The topological polar surface area (TPSA) is 54.7 Å². The van der Waals surface area contributed by atoms with Crippen LogP contribution in [0.1, 0.15) is 31.7 Å². The molecule has 0 aliphatic heterocycles. The van der Waals surface area contributed by atoms with Crippen LogP contribution >= 0.6 is 0 Å². The number of nitrogens with zero attached hydrogens (tertiary/aromatic N) is 1. The van der Waals surface area contributed by atoms with Crippen LogP contribution in [0.4, 0.5) is 0 Å². The molecule has 3 nitrogen and oxygen atoms in total. The van der Waals surface area contributed by atoms with Crippen LogP contribution < -0.4 is 5.73 Å². The number of H-pyrrole nitrogens is 1. The smallest absolute Gasteiger partial charge is 0.0925 e. The molecule has 1 aromatic rings. The van der Waals surface area contributed by atoms with Gasteiger partial charge in [-0.05, 0) is 18.8 Å². The van der Waals surface area contributed by atoms with E-state index in [2.05, 4.69) is 30.7 Å². The Bertz CT molecular complexity index is 327. The Morgan fingerprint density at radius 2 is 2.23 bits per heavy atom. The molecule has 1 unspecified atom stereocenters. The lowest BCUT2D eigenvalue weighted by molar-refractivity contribution is 0.492. The summed E-state index contributed by atoms with van der Waals surface area (Å²) in [5.74, 6) is 0. The van der Waals surface area contributed by atoms with Crippen LogP contribution in [-0.2, 0) is 5.41 Å². The van der Waals surface area contributed by atoms with Crippen molar-refractivity contribution in [3.8, 4) is 0 Å². The predicted octanol–water partition coefficient (Wildman–Crippen LogP) is 1.34. The fourth-order valence-electron chi connectivity index (χ4n) is 2.40. The minimum absolute atomic E-state index is 0.136. The average Bonchev–Trinajstić information content (AvgIpc) is 2.43. The van der Waals surface area contributed by atoms with Gasteiger partial charge in [-0.3, -0.25) is 0 Å². The Morgan fingerprint density at radius 1 is 1.62 bits per heavy atom. The second-order valence-corrected chi connectivity index (χ2v) is 4.72. The van der Waals surface area contributed by atoms with Crippen LogP contribution in [-0.4, -0.2) is 16.5 Å². The number of aromatic nitrogens is 2. The molecule has 0 aromatic carbocycles. The first-order valence-corrected chi connectivity index (χ1v) is 4.74. The van der Waals surface area contributed by atoms with Crippen molar-refractivity contribution in [2.45, 2.75) is 32.6 Å². The van der Waals surface area contributed by atoms with Crippen molar-refractivity contribution in [1.29, 1.82) is 0 Å². The van der Waals surface area contributed by atoms with Gasteiger partial charge >= 0.3 is 0 Å². The Kier molecular flexibility index (Phi) is 1.58. The molecular formula is C10H17N3.